The minimum atomic E-state index is 0.955. The number of aromatic nitrogens is 1. The Morgan fingerprint density at radius 1 is 0.938 bits per heavy atom. The van der Waals surface area contributed by atoms with E-state index in [9.17, 15) is 0 Å². The fourth-order valence-corrected chi connectivity index (χ4v) is 2.26. The predicted octanol–water partition coefficient (Wildman–Crippen LogP) is 4.12. The van der Waals surface area contributed by atoms with Crippen LogP contribution in [-0.2, 0) is 0 Å². The summed E-state index contributed by atoms with van der Waals surface area (Å²) in [6, 6.07) is 10.3. The summed E-state index contributed by atoms with van der Waals surface area (Å²) in [4.78, 5) is 4.15. The smallest absolute Gasteiger partial charge is 0.105 e. The molecule has 0 bridgehead atoms. The van der Waals surface area contributed by atoms with Crippen molar-refractivity contribution < 1.29 is 0 Å². The van der Waals surface area contributed by atoms with E-state index in [1.807, 2.05) is 24.4 Å². The van der Waals surface area contributed by atoms with Crippen LogP contribution in [0.5, 0.6) is 0 Å². The first kappa shape index (κ1) is 7.93. The fraction of sp³-hybridized carbons (Fsp3) is 0. The van der Waals surface area contributed by atoms with Crippen molar-refractivity contribution in [1.82, 2.24) is 4.98 Å². The van der Waals surface area contributed by atoms with Gasteiger partial charge >= 0.3 is 0 Å². The molecule has 3 heteroatoms. The lowest BCUT2D eigenvalue weighted by molar-refractivity contribution is 1.30. The minimum absolute atomic E-state index is 0.955. The van der Waals surface area contributed by atoms with Crippen LogP contribution in [0.4, 0.5) is 11.4 Å². The lowest BCUT2D eigenvalue weighted by Gasteiger charge is -2.03. The summed E-state index contributed by atoms with van der Waals surface area (Å²) < 4.78 is 0. The Hall–Kier alpha value is -2.29. The molecule has 0 fully saturated rings. The molecular formula is C13H7N3. The van der Waals surface area contributed by atoms with Crippen molar-refractivity contribution in [2.75, 3.05) is 0 Å². The van der Waals surface area contributed by atoms with Crippen LogP contribution < -0.4 is 0 Å². The minimum Gasteiger partial charge on any atom is -0.264 e. The summed E-state index contributed by atoms with van der Waals surface area (Å²) in [5.74, 6) is 0. The molecule has 1 aromatic heterocycles. The molecule has 0 N–H and O–H groups in total. The van der Waals surface area contributed by atoms with Gasteiger partial charge in [0.2, 0.25) is 0 Å². The highest BCUT2D eigenvalue weighted by molar-refractivity contribution is 6.14. The summed E-state index contributed by atoms with van der Waals surface area (Å²) in [6.07, 6.45) is 3.65. The zero-order chi connectivity index (χ0) is 10.5. The lowest BCUT2D eigenvalue weighted by Crippen LogP contribution is -1.78. The molecule has 0 spiro atoms. The highest BCUT2D eigenvalue weighted by Crippen LogP contribution is 2.44. The van der Waals surface area contributed by atoms with Crippen LogP contribution in [0, 0.1) is 0 Å². The maximum absolute atomic E-state index is 4.26. The second kappa shape index (κ2) is 2.64. The van der Waals surface area contributed by atoms with Gasteiger partial charge < -0.3 is 0 Å². The number of azo groups is 1. The number of benzene rings is 2. The molecule has 0 unspecified atom stereocenters. The molecule has 0 aliphatic carbocycles. The average Bonchev–Trinajstić information content (AvgIpc) is 2.76. The van der Waals surface area contributed by atoms with Gasteiger partial charge in [-0.2, -0.15) is 0 Å². The second-order valence-electron chi connectivity index (χ2n) is 3.90. The van der Waals surface area contributed by atoms with Crippen molar-refractivity contribution in [3.05, 3.63) is 42.7 Å². The third-order valence-corrected chi connectivity index (χ3v) is 2.99. The quantitative estimate of drug-likeness (QED) is 0.398. The molecule has 0 saturated carbocycles. The normalized spacial score (nSPS) is 12.8. The Labute approximate surface area is 91.5 Å². The van der Waals surface area contributed by atoms with E-state index in [1.54, 1.807) is 6.20 Å². The highest BCUT2D eigenvalue weighted by atomic mass is 15.1. The summed E-state index contributed by atoms with van der Waals surface area (Å²) in [6.45, 7) is 0. The van der Waals surface area contributed by atoms with Gasteiger partial charge in [0.1, 0.15) is 5.69 Å². The van der Waals surface area contributed by atoms with Crippen LogP contribution in [-0.4, -0.2) is 4.98 Å². The van der Waals surface area contributed by atoms with Gasteiger partial charge in [0.05, 0.1) is 5.69 Å². The molecule has 0 atom stereocenters. The summed E-state index contributed by atoms with van der Waals surface area (Å²) >= 11 is 0. The number of fused-ring (bicyclic) bond motifs is 2. The maximum Gasteiger partial charge on any atom is 0.105 e. The average molecular weight is 205 g/mol. The Kier molecular flexibility index (Phi) is 1.31. The zero-order valence-corrected chi connectivity index (χ0v) is 8.38. The monoisotopic (exact) mass is 205 g/mol. The van der Waals surface area contributed by atoms with Gasteiger partial charge in [0.25, 0.3) is 0 Å². The molecule has 3 nitrogen and oxygen atoms in total. The molecule has 16 heavy (non-hydrogen) atoms. The third-order valence-electron chi connectivity index (χ3n) is 2.99. The molecule has 0 amide bonds. The van der Waals surface area contributed by atoms with Gasteiger partial charge in [-0.05, 0) is 29.0 Å². The van der Waals surface area contributed by atoms with Gasteiger partial charge in [-0.1, -0.05) is 12.1 Å². The molecule has 3 aromatic rings. The molecule has 2 aromatic carbocycles. The number of hydrogen-bond donors (Lipinski definition) is 0. The van der Waals surface area contributed by atoms with E-state index in [-0.39, 0.29) is 0 Å². The van der Waals surface area contributed by atoms with Crippen molar-refractivity contribution >= 4 is 32.9 Å². The molecule has 0 radical (unpaired) electrons. The molecule has 1 aliphatic heterocycles. The van der Waals surface area contributed by atoms with E-state index in [0.717, 1.165) is 27.5 Å². The standard InChI is InChI=1S/C13H7N3/c1-2-9-6-8-4-5-14-7-10(8)13-12(9)11(3-1)15-16-13/h1-7H. The first-order valence-electron chi connectivity index (χ1n) is 5.15. The second-order valence-corrected chi connectivity index (χ2v) is 3.90. The van der Waals surface area contributed by atoms with Crippen LogP contribution in [0.1, 0.15) is 0 Å². The van der Waals surface area contributed by atoms with E-state index in [0.29, 0.717) is 0 Å². The lowest BCUT2D eigenvalue weighted by atomic mass is 10.0. The summed E-state index contributed by atoms with van der Waals surface area (Å²) in [5.41, 5.74) is 1.91. The van der Waals surface area contributed by atoms with Crippen LogP contribution >= 0.6 is 0 Å². The highest BCUT2D eigenvalue weighted by Gasteiger charge is 2.14. The van der Waals surface area contributed by atoms with Crippen molar-refractivity contribution in [2.45, 2.75) is 0 Å². The summed E-state index contributed by atoms with van der Waals surface area (Å²) in [7, 11) is 0. The van der Waals surface area contributed by atoms with E-state index in [1.165, 1.54) is 5.39 Å². The van der Waals surface area contributed by atoms with Crippen molar-refractivity contribution in [1.29, 1.82) is 0 Å². The van der Waals surface area contributed by atoms with Crippen molar-refractivity contribution in [3.8, 4) is 0 Å². The molecule has 1 aliphatic rings. The topological polar surface area (TPSA) is 37.6 Å². The predicted molar refractivity (Wildman–Crippen MR) is 63.4 cm³/mol. The number of rotatable bonds is 0. The first-order chi connectivity index (χ1) is 7.93. The Morgan fingerprint density at radius 2 is 1.94 bits per heavy atom. The van der Waals surface area contributed by atoms with E-state index in [2.05, 4.69) is 27.3 Å². The molecule has 2 heterocycles. The van der Waals surface area contributed by atoms with Gasteiger partial charge in [-0.15, -0.1) is 10.2 Å². The Morgan fingerprint density at radius 3 is 2.94 bits per heavy atom. The van der Waals surface area contributed by atoms with Crippen molar-refractivity contribution in [2.24, 2.45) is 10.2 Å². The van der Waals surface area contributed by atoms with Gasteiger partial charge in [0, 0.05) is 23.2 Å². The molecule has 4 rings (SSSR count). The van der Waals surface area contributed by atoms with E-state index in [4.69, 9.17) is 0 Å². The third kappa shape index (κ3) is 0.852. The van der Waals surface area contributed by atoms with Crippen LogP contribution in [0.15, 0.2) is 53.0 Å². The largest absolute Gasteiger partial charge is 0.264 e. The first-order valence-corrected chi connectivity index (χ1v) is 5.15. The fourth-order valence-electron chi connectivity index (χ4n) is 2.26. The number of pyridine rings is 1. The van der Waals surface area contributed by atoms with E-state index < -0.39 is 0 Å². The van der Waals surface area contributed by atoms with Crippen LogP contribution in [0.2, 0.25) is 0 Å². The van der Waals surface area contributed by atoms with Gasteiger partial charge in [0.15, 0.2) is 0 Å². The van der Waals surface area contributed by atoms with Crippen LogP contribution in [0.25, 0.3) is 21.5 Å². The SMILES string of the molecule is c1cc2c3c(c4cnccc4cc3c1)N=N2. The Bertz CT molecular complexity index is 760. The van der Waals surface area contributed by atoms with Crippen LogP contribution in [0.3, 0.4) is 0 Å². The molecule has 0 saturated heterocycles. The molecule has 74 valence electrons. The summed E-state index contributed by atoms with van der Waals surface area (Å²) in [5, 5.41) is 13.0. The zero-order valence-electron chi connectivity index (χ0n) is 8.38. The maximum atomic E-state index is 4.26. The van der Waals surface area contributed by atoms with E-state index >= 15 is 0 Å². The van der Waals surface area contributed by atoms with Gasteiger partial charge in [-0.25, -0.2) is 0 Å². The molecular weight excluding hydrogens is 198 g/mol. The van der Waals surface area contributed by atoms with Crippen molar-refractivity contribution in [3.63, 3.8) is 0 Å². The number of hydrogen-bond acceptors (Lipinski definition) is 3. The van der Waals surface area contributed by atoms with Gasteiger partial charge in [-0.3, -0.25) is 4.98 Å². The number of nitrogens with zero attached hydrogens (tertiary/aromatic N) is 3. The Balaban J connectivity index is 2.38.